The van der Waals surface area contributed by atoms with Crippen LogP contribution >= 0.6 is 23.2 Å². The summed E-state index contributed by atoms with van der Waals surface area (Å²) in [4.78, 5) is 8.97. The number of hydrogen-bond acceptors (Lipinski definition) is 2. The van der Waals surface area contributed by atoms with E-state index in [0.717, 1.165) is 30.4 Å². The van der Waals surface area contributed by atoms with Gasteiger partial charge in [0.05, 0.1) is 17.5 Å². The molecule has 0 bridgehead atoms. The van der Waals surface area contributed by atoms with Gasteiger partial charge in [0.15, 0.2) is 0 Å². The molecule has 0 aliphatic carbocycles. The molecule has 1 unspecified atom stereocenters. The first kappa shape index (κ1) is 29.2. The van der Waals surface area contributed by atoms with Crippen LogP contribution in [0.15, 0.2) is 54.7 Å². The topological polar surface area (TPSA) is 36.2 Å². The molecule has 0 saturated carbocycles. The van der Waals surface area contributed by atoms with E-state index in [0.29, 0.717) is 10.7 Å². The van der Waals surface area contributed by atoms with Crippen molar-refractivity contribution in [2.45, 2.75) is 25.6 Å². The van der Waals surface area contributed by atoms with Gasteiger partial charge in [-0.1, -0.05) is 65.3 Å². The predicted octanol–water partition coefficient (Wildman–Crippen LogP) is 5.48. The summed E-state index contributed by atoms with van der Waals surface area (Å²) in [5.74, 6) is -3.62. The zero-order valence-electron chi connectivity index (χ0n) is 18.0. The minimum absolute atomic E-state index is 0. The fraction of sp³-hybridized carbons (Fsp3) is 0.174. The summed E-state index contributed by atoms with van der Waals surface area (Å²) in [5, 5.41) is -0.0881. The summed E-state index contributed by atoms with van der Waals surface area (Å²) in [6, 6.07) is 8.94. The van der Waals surface area contributed by atoms with Crippen molar-refractivity contribution < 1.29 is 78.2 Å². The van der Waals surface area contributed by atoms with Gasteiger partial charge in [0, 0.05) is 6.20 Å². The minimum atomic E-state index is -4.66. The Hall–Kier alpha value is -1.04. The first-order chi connectivity index (χ1) is 15.5. The van der Waals surface area contributed by atoms with Crippen LogP contribution in [0.3, 0.4) is 0 Å². The van der Waals surface area contributed by atoms with Gasteiger partial charge >= 0.3 is 57.6 Å². The number of rotatable bonds is 7. The molecular formula is C23H16Cl2F5KN2O. The van der Waals surface area contributed by atoms with Gasteiger partial charge < -0.3 is 10.3 Å². The number of halogens is 7. The third kappa shape index (κ3) is 7.99. The number of benzene rings is 2. The van der Waals surface area contributed by atoms with Gasteiger partial charge in [-0.15, -0.1) is 0 Å². The van der Waals surface area contributed by atoms with Gasteiger partial charge in [0.2, 0.25) is 0 Å². The molecule has 3 nitrogen and oxygen atoms in total. The number of aromatic nitrogens is 1. The van der Waals surface area contributed by atoms with Crippen LogP contribution in [0.25, 0.3) is 11.6 Å². The molecular weight excluding hydrogens is 525 g/mol. The first-order valence-corrected chi connectivity index (χ1v) is 10.2. The van der Waals surface area contributed by atoms with Crippen molar-refractivity contribution in [1.82, 2.24) is 4.98 Å². The maximum Gasteiger partial charge on any atom is 1.00 e. The van der Waals surface area contributed by atoms with Crippen LogP contribution in [-0.4, -0.2) is 11.2 Å². The molecule has 0 aliphatic heterocycles. The van der Waals surface area contributed by atoms with E-state index in [1.54, 1.807) is 12.1 Å². The molecule has 3 aromatic rings. The van der Waals surface area contributed by atoms with Crippen LogP contribution < -0.4 is 51.4 Å². The number of nitrogens with zero attached hydrogens (tertiary/aromatic N) is 2. The van der Waals surface area contributed by atoms with E-state index < -0.39 is 28.8 Å². The molecule has 0 amide bonds. The largest absolute Gasteiger partial charge is 1.00 e. The average molecular weight is 541 g/mol. The molecule has 1 atom stereocenters. The summed E-state index contributed by atoms with van der Waals surface area (Å²) in [6.45, 7) is 1.35. The zero-order chi connectivity index (χ0) is 24.2. The number of alkyl halides is 3. The quantitative estimate of drug-likeness (QED) is 0.172. The first-order valence-electron chi connectivity index (χ1n) is 9.48. The van der Waals surface area contributed by atoms with Gasteiger partial charge in [-0.3, -0.25) is 0 Å². The molecule has 0 aliphatic rings. The molecule has 2 aromatic carbocycles. The van der Waals surface area contributed by atoms with Crippen molar-refractivity contribution in [3.8, 4) is 0 Å². The second-order valence-electron chi connectivity index (χ2n) is 7.08. The molecule has 1 aromatic heterocycles. The molecule has 0 N–H and O–H groups in total. The molecule has 0 spiro atoms. The smallest absolute Gasteiger partial charge is 0.559 e. The van der Waals surface area contributed by atoms with Crippen LogP contribution in [0, 0.1) is 18.6 Å². The van der Waals surface area contributed by atoms with E-state index in [-0.39, 0.29) is 80.4 Å². The Bertz CT molecular complexity index is 1130. The van der Waals surface area contributed by atoms with Crippen LogP contribution in [-0.2, 0) is 11.4 Å². The SMILES string of the molecule is Cc1cc(C(/C=C/c2ccc([N-]OCc3ccc(Cl)nc3)c(F)c2)C(F)(F)F)cc(Cl)c1F.[K+]. The number of aryl methyl sites for hydroxylation is 1. The molecule has 0 fully saturated rings. The van der Waals surface area contributed by atoms with Crippen molar-refractivity contribution in [2.24, 2.45) is 0 Å². The number of pyridine rings is 1. The Morgan fingerprint density at radius 3 is 2.41 bits per heavy atom. The molecule has 174 valence electrons. The molecule has 11 heteroatoms. The predicted molar refractivity (Wildman–Crippen MR) is 117 cm³/mol. The van der Waals surface area contributed by atoms with Crippen molar-refractivity contribution in [1.29, 1.82) is 0 Å². The Labute approximate surface area is 245 Å². The summed E-state index contributed by atoms with van der Waals surface area (Å²) in [6.07, 6.45) is -1.20. The molecule has 1 heterocycles. The fourth-order valence-electron chi connectivity index (χ4n) is 2.92. The summed E-state index contributed by atoms with van der Waals surface area (Å²) in [7, 11) is 0. The van der Waals surface area contributed by atoms with Gasteiger partial charge in [-0.2, -0.15) is 13.2 Å². The van der Waals surface area contributed by atoms with Crippen molar-refractivity contribution >= 4 is 35.0 Å². The second-order valence-corrected chi connectivity index (χ2v) is 7.87. The zero-order valence-corrected chi connectivity index (χ0v) is 22.6. The van der Waals surface area contributed by atoms with E-state index in [1.807, 2.05) is 0 Å². The normalized spacial score (nSPS) is 12.5. The standard InChI is InChI=1S/C23H16Cl2F5N2O.K/c1-13-8-16(10-18(24)22(13)27)17(23(28,29)30)5-2-14-3-6-20(19(26)9-14)32-33-12-15-4-7-21(25)31-11-15;/h2-11,17H,12H2,1H3;/q-1;+1/b5-2+;. The Kier molecular flexibility index (Phi) is 11.0. The van der Waals surface area contributed by atoms with Crippen molar-refractivity contribution in [2.75, 3.05) is 0 Å². The summed E-state index contributed by atoms with van der Waals surface area (Å²) in [5.41, 5.74) is 4.17. The summed E-state index contributed by atoms with van der Waals surface area (Å²) < 4.78 is 68.9. The Balaban J connectivity index is 0.00000408. The van der Waals surface area contributed by atoms with Crippen LogP contribution in [0.2, 0.25) is 10.2 Å². The fourth-order valence-corrected chi connectivity index (χ4v) is 3.31. The summed E-state index contributed by atoms with van der Waals surface area (Å²) >= 11 is 11.4. The maximum atomic E-state index is 14.3. The van der Waals surface area contributed by atoms with Crippen LogP contribution in [0.1, 0.15) is 28.2 Å². The van der Waals surface area contributed by atoms with E-state index in [4.69, 9.17) is 28.0 Å². The number of hydrogen-bond donors (Lipinski definition) is 0. The van der Waals surface area contributed by atoms with Crippen molar-refractivity contribution in [3.63, 3.8) is 0 Å². The Morgan fingerprint density at radius 2 is 1.82 bits per heavy atom. The van der Waals surface area contributed by atoms with E-state index in [1.165, 1.54) is 25.3 Å². The maximum absolute atomic E-state index is 14.3. The Morgan fingerprint density at radius 1 is 1.09 bits per heavy atom. The van der Waals surface area contributed by atoms with E-state index >= 15 is 0 Å². The van der Waals surface area contributed by atoms with Crippen molar-refractivity contribution in [3.05, 3.63) is 104 Å². The third-order valence-electron chi connectivity index (χ3n) is 4.58. The van der Waals surface area contributed by atoms with Gasteiger partial charge in [-0.25, -0.2) is 13.8 Å². The van der Waals surface area contributed by atoms with E-state index in [2.05, 4.69) is 10.5 Å². The molecule has 0 saturated heterocycles. The van der Waals surface area contributed by atoms with Gasteiger partial charge in [-0.05, 0) is 47.4 Å². The van der Waals surface area contributed by atoms with E-state index in [9.17, 15) is 22.0 Å². The van der Waals surface area contributed by atoms with Crippen LogP contribution in [0.5, 0.6) is 0 Å². The third-order valence-corrected chi connectivity index (χ3v) is 5.08. The monoisotopic (exact) mass is 540 g/mol. The number of allylic oxidation sites excluding steroid dienone is 1. The average Bonchev–Trinajstić information content (AvgIpc) is 2.74. The second kappa shape index (κ2) is 12.8. The molecule has 34 heavy (non-hydrogen) atoms. The van der Waals surface area contributed by atoms with Crippen LogP contribution in [0.4, 0.5) is 27.6 Å². The van der Waals surface area contributed by atoms with Gasteiger partial charge in [0.25, 0.3) is 0 Å². The molecule has 3 rings (SSSR count). The molecule has 0 radical (unpaired) electrons. The van der Waals surface area contributed by atoms with Gasteiger partial charge in [0.1, 0.15) is 16.8 Å². The minimum Gasteiger partial charge on any atom is -0.559 e.